The van der Waals surface area contributed by atoms with Crippen LogP contribution in [-0.4, -0.2) is 62.0 Å². The average Bonchev–Trinajstić information content (AvgIpc) is 3.27. The van der Waals surface area contributed by atoms with Crippen LogP contribution in [0.25, 0.3) is 0 Å². The number of methoxy groups -OCH3 is 1. The Kier molecular flexibility index (Phi) is 8.89. The van der Waals surface area contributed by atoms with E-state index in [-0.39, 0.29) is 29.8 Å². The summed E-state index contributed by atoms with van der Waals surface area (Å²) in [6.45, 7) is 2.78. The molecular formula is C20H26N4O7S3. The lowest BCUT2D eigenvalue weighted by atomic mass is 10.1. The minimum Gasteiger partial charge on any atom is -0.385 e. The van der Waals surface area contributed by atoms with Gasteiger partial charge in [0.1, 0.15) is 10.8 Å². The summed E-state index contributed by atoms with van der Waals surface area (Å²) in [6, 6.07) is 7.59. The Morgan fingerprint density at radius 3 is 2.68 bits per heavy atom. The highest BCUT2D eigenvalue weighted by atomic mass is 32.3. The third-order valence-corrected chi connectivity index (χ3v) is 9.63. The van der Waals surface area contributed by atoms with Gasteiger partial charge in [0.2, 0.25) is 0 Å². The lowest BCUT2D eigenvalue weighted by molar-refractivity contribution is -0.763. The summed E-state index contributed by atoms with van der Waals surface area (Å²) in [6.07, 6.45) is 0.523. The van der Waals surface area contributed by atoms with Crippen molar-refractivity contribution in [1.82, 2.24) is 9.21 Å². The molecule has 11 nitrogen and oxygen atoms in total. The Bertz CT molecular complexity index is 1120. The van der Waals surface area contributed by atoms with Crippen molar-refractivity contribution in [1.29, 1.82) is 0 Å². The van der Waals surface area contributed by atoms with Crippen LogP contribution in [0.3, 0.4) is 0 Å². The fourth-order valence-electron chi connectivity index (χ4n) is 3.77. The molecule has 1 aliphatic heterocycles. The summed E-state index contributed by atoms with van der Waals surface area (Å²) < 4.78 is 33.8. The van der Waals surface area contributed by atoms with E-state index in [0.29, 0.717) is 40.5 Å². The van der Waals surface area contributed by atoms with Crippen LogP contribution in [0.5, 0.6) is 0 Å². The van der Waals surface area contributed by atoms with Gasteiger partial charge in [0.25, 0.3) is 21.0 Å². The van der Waals surface area contributed by atoms with Gasteiger partial charge in [-0.2, -0.15) is 4.31 Å². The molecule has 1 amide bonds. The van der Waals surface area contributed by atoms with Gasteiger partial charge in [-0.1, -0.05) is 12.1 Å². The van der Waals surface area contributed by atoms with E-state index in [1.165, 1.54) is 4.31 Å². The Labute approximate surface area is 206 Å². The van der Waals surface area contributed by atoms with Gasteiger partial charge in [0, 0.05) is 44.5 Å². The van der Waals surface area contributed by atoms with Crippen molar-refractivity contribution in [2.24, 2.45) is 5.14 Å². The van der Waals surface area contributed by atoms with E-state index in [2.05, 4.69) is 4.84 Å². The molecule has 1 atom stereocenters. The normalized spacial score (nSPS) is 17.2. The van der Waals surface area contributed by atoms with Crippen molar-refractivity contribution < 1.29 is 27.9 Å². The number of carbonyl (C=O) groups excluding carboxylic acids is 1. The number of hydrogen-bond donors (Lipinski definition) is 1. The largest absolute Gasteiger partial charge is 0.385 e. The summed E-state index contributed by atoms with van der Waals surface area (Å²) in [4.78, 5) is 29.8. The molecule has 0 saturated heterocycles. The zero-order chi connectivity index (χ0) is 24.9. The molecule has 186 valence electrons. The lowest BCUT2D eigenvalue weighted by Gasteiger charge is -2.38. The molecule has 1 aliphatic rings. The molecule has 0 fully saturated rings. The molecule has 1 aromatic carbocycles. The number of carbonyl (C=O) groups is 1. The highest BCUT2D eigenvalue weighted by Gasteiger charge is 2.42. The first kappa shape index (κ1) is 26.4. The highest BCUT2D eigenvalue weighted by molar-refractivity contribution is 7.99. The van der Waals surface area contributed by atoms with Gasteiger partial charge in [-0.25, -0.2) is 8.42 Å². The van der Waals surface area contributed by atoms with Gasteiger partial charge < -0.3 is 14.5 Å². The second-order valence-electron chi connectivity index (χ2n) is 7.44. The van der Waals surface area contributed by atoms with E-state index in [4.69, 9.17) is 9.88 Å². The van der Waals surface area contributed by atoms with Crippen molar-refractivity contribution in [3.8, 4) is 0 Å². The quantitative estimate of drug-likeness (QED) is 0.200. The second kappa shape index (κ2) is 11.5. The molecule has 0 bridgehead atoms. The maximum Gasteiger partial charge on any atom is 0.294 e. The predicted molar refractivity (Wildman–Crippen MR) is 127 cm³/mol. The number of amides is 1. The molecule has 0 saturated carbocycles. The first-order valence-corrected chi connectivity index (χ1v) is 13.5. The van der Waals surface area contributed by atoms with E-state index in [1.807, 2.05) is 6.92 Å². The van der Waals surface area contributed by atoms with Crippen LogP contribution in [0.4, 0.5) is 0 Å². The van der Waals surface area contributed by atoms with E-state index < -0.39 is 21.2 Å². The topological polar surface area (TPSA) is 145 Å². The molecule has 2 N–H and O–H groups in total. The Balaban J connectivity index is 1.92. The number of benzene rings is 1. The molecule has 0 radical (unpaired) electrons. The van der Waals surface area contributed by atoms with Gasteiger partial charge in [-0.3, -0.25) is 9.93 Å². The van der Waals surface area contributed by atoms with Crippen molar-refractivity contribution in [3.63, 3.8) is 0 Å². The zero-order valence-corrected chi connectivity index (χ0v) is 21.2. The molecule has 3 rings (SSSR count). The number of hydrogen-bond acceptors (Lipinski definition) is 10. The number of likely N-dealkylation sites (N-methyl/N-ethyl adjacent to an activating group) is 1. The number of ether oxygens (including phenoxy) is 1. The molecule has 0 spiro atoms. The van der Waals surface area contributed by atoms with Crippen LogP contribution in [0.15, 0.2) is 38.8 Å². The molecule has 1 unspecified atom stereocenters. The van der Waals surface area contributed by atoms with Crippen molar-refractivity contribution in [3.05, 3.63) is 57.1 Å². The summed E-state index contributed by atoms with van der Waals surface area (Å²) in [7, 11) is -2.16. The summed E-state index contributed by atoms with van der Waals surface area (Å²) in [5.41, 5.74) is 1.50. The number of nitrogens with two attached hydrogens (primary N) is 1. The van der Waals surface area contributed by atoms with Gasteiger partial charge in [-0.15, -0.1) is 21.5 Å². The van der Waals surface area contributed by atoms with Crippen molar-refractivity contribution >= 4 is 39.2 Å². The van der Waals surface area contributed by atoms with E-state index >= 15 is 0 Å². The van der Waals surface area contributed by atoms with Gasteiger partial charge >= 0.3 is 0 Å². The van der Waals surface area contributed by atoms with E-state index in [9.17, 15) is 23.3 Å². The summed E-state index contributed by atoms with van der Waals surface area (Å²) in [5, 5.41) is 15.2. The molecule has 34 heavy (non-hydrogen) atoms. The fourth-order valence-corrected chi connectivity index (χ4v) is 7.69. The molecule has 14 heteroatoms. The zero-order valence-electron chi connectivity index (χ0n) is 18.7. The smallest absolute Gasteiger partial charge is 0.294 e. The second-order valence-corrected chi connectivity index (χ2v) is 11.6. The molecule has 1 aromatic heterocycles. The van der Waals surface area contributed by atoms with Gasteiger partial charge in [0.15, 0.2) is 0 Å². The van der Waals surface area contributed by atoms with Crippen LogP contribution < -0.4 is 5.14 Å². The molecular weight excluding hydrogens is 504 g/mol. The first-order chi connectivity index (χ1) is 16.2. The van der Waals surface area contributed by atoms with Crippen LogP contribution >= 0.6 is 23.3 Å². The van der Waals surface area contributed by atoms with Gasteiger partial charge in [-0.05, 0) is 49.1 Å². The number of thiophene rings is 1. The van der Waals surface area contributed by atoms with Gasteiger partial charge in [0.05, 0.1) is 10.3 Å². The maximum atomic E-state index is 13.4. The Morgan fingerprint density at radius 1 is 1.38 bits per heavy atom. The van der Waals surface area contributed by atoms with E-state index in [1.54, 1.807) is 42.3 Å². The van der Waals surface area contributed by atoms with Crippen LogP contribution in [0.1, 0.15) is 40.9 Å². The monoisotopic (exact) mass is 530 g/mol. The maximum absolute atomic E-state index is 13.4. The minimum absolute atomic E-state index is 0.124. The van der Waals surface area contributed by atoms with Crippen LogP contribution in [0.2, 0.25) is 0 Å². The van der Waals surface area contributed by atoms with Crippen molar-refractivity contribution in [2.75, 3.05) is 33.4 Å². The minimum atomic E-state index is -3.72. The average molecular weight is 531 g/mol. The number of fused-ring (bicyclic) bond motifs is 1. The lowest BCUT2D eigenvalue weighted by Crippen LogP contribution is -2.47. The third kappa shape index (κ3) is 5.70. The fraction of sp³-hybridized carbons (Fsp3) is 0.450. The number of nitrogens with zero attached hydrogens (tertiary/aromatic N) is 3. The SMILES string of the molecule is CCN(C(=O)c1ccc(CO[N+](=O)[O-])cc1)C1CN(CCCOC)S(=O)(=O)c2sc(SN)cc21. The third-order valence-electron chi connectivity index (χ3n) is 5.40. The standard InChI is InChI=1S/C20H26N4O7S3/c1-3-23(19(25)15-7-5-14(6-8-15)13-31-24(26)27)17-12-22(9-4-10-30-2)34(28,29)20-16(17)11-18(32-20)33-21/h5-8,11,17H,3-4,9-10,12-13,21H2,1-2H3. The summed E-state index contributed by atoms with van der Waals surface area (Å²) >= 11 is 2.08. The first-order valence-electron chi connectivity index (χ1n) is 10.4. The van der Waals surface area contributed by atoms with Crippen molar-refractivity contribution in [2.45, 2.75) is 34.4 Å². The molecule has 2 heterocycles. The Morgan fingerprint density at radius 2 is 2.09 bits per heavy atom. The number of rotatable bonds is 11. The van der Waals surface area contributed by atoms with Crippen LogP contribution in [0, 0.1) is 10.1 Å². The Hall–Kier alpha value is -2.23. The van der Waals surface area contributed by atoms with E-state index in [0.717, 1.165) is 23.3 Å². The molecule has 0 aliphatic carbocycles. The van der Waals surface area contributed by atoms with Crippen LogP contribution in [-0.2, 0) is 26.2 Å². The predicted octanol–water partition coefficient (Wildman–Crippen LogP) is 2.67. The number of sulfonamides is 1. The molecule has 2 aromatic rings. The summed E-state index contributed by atoms with van der Waals surface area (Å²) in [5.74, 6) is -0.274. The highest BCUT2D eigenvalue weighted by Crippen LogP contribution is 2.43.